The van der Waals surface area contributed by atoms with Crippen LogP contribution in [0.5, 0.6) is 5.75 Å². The van der Waals surface area contributed by atoms with Crippen LogP contribution >= 0.6 is 0 Å². The minimum absolute atomic E-state index is 0.0158. The molecule has 1 aromatic rings. The van der Waals surface area contributed by atoms with Gasteiger partial charge in [0, 0.05) is 6.26 Å². The maximum absolute atomic E-state index is 11.9. The van der Waals surface area contributed by atoms with Gasteiger partial charge in [-0.3, -0.25) is 0 Å². The molecule has 0 bridgehead atoms. The predicted octanol–water partition coefficient (Wildman–Crippen LogP) is 2.28. The molecule has 0 saturated heterocycles. The van der Waals surface area contributed by atoms with Gasteiger partial charge >= 0.3 is 6.18 Å². The van der Waals surface area contributed by atoms with Crippen molar-refractivity contribution < 1.29 is 26.3 Å². The summed E-state index contributed by atoms with van der Waals surface area (Å²) in [4.78, 5) is 0. The third kappa shape index (κ3) is 5.39. The molecule has 1 radical (unpaired) electrons. The van der Waals surface area contributed by atoms with Gasteiger partial charge in [0.05, 0.1) is 5.75 Å². The van der Waals surface area contributed by atoms with Gasteiger partial charge in [0.25, 0.3) is 0 Å². The molecule has 0 aliphatic rings. The number of ether oxygens (including phenoxy) is 1. The molecule has 18 heavy (non-hydrogen) atoms. The van der Waals surface area contributed by atoms with E-state index < -0.39 is 22.6 Å². The van der Waals surface area contributed by atoms with Crippen molar-refractivity contribution >= 4 is 9.84 Å². The average molecular weight is 281 g/mol. The predicted molar refractivity (Wildman–Crippen MR) is 60.1 cm³/mol. The van der Waals surface area contributed by atoms with E-state index >= 15 is 0 Å². The second-order valence-electron chi connectivity index (χ2n) is 3.97. The molecule has 0 amide bonds. The molecule has 1 aromatic carbocycles. The molecule has 0 N–H and O–H groups in total. The first-order chi connectivity index (χ1) is 8.07. The quantitative estimate of drug-likeness (QED) is 0.850. The van der Waals surface area contributed by atoms with Gasteiger partial charge in [-0.25, -0.2) is 8.42 Å². The molecular weight excluding hydrogens is 269 g/mol. The lowest BCUT2D eigenvalue weighted by Gasteiger charge is -2.11. The van der Waals surface area contributed by atoms with E-state index in [0.29, 0.717) is 11.1 Å². The molecule has 0 saturated carbocycles. The van der Waals surface area contributed by atoms with Gasteiger partial charge in [0.2, 0.25) is 0 Å². The zero-order valence-corrected chi connectivity index (χ0v) is 10.7. The Morgan fingerprint density at radius 1 is 1.39 bits per heavy atom. The number of hydrogen-bond acceptors (Lipinski definition) is 3. The number of sulfone groups is 1. The monoisotopic (exact) mass is 281 g/mol. The van der Waals surface area contributed by atoms with Crippen molar-refractivity contribution in [2.24, 2.45) is 0 Å². The number of benzene rings is 1. The Morgan fingerprint density at radius 3 is 2.44 bits per heavy atom. The Balaban J connectivity index is 2.80. The SMILES string of the molecule is Cc1cc(OCC(F)(F)F)c[c]c1CS(C)(=O)=O. The Labute approximate surface area is 103 Å². The van der Waals surface area contributed by atoms with E-state index in [9.17, 15) is 21.6 Å². The summed E-state index contributed by atoms with van der Waals surface area (Å²) in [7, 11) is -3.20. The standard InChI is InChI=1S/C11H12F3O3S/c1-8-5-10(17-7-11(12,13)14)4-3-9(8)6-18(2,15)16/h4-5H,6-7H2,1-2H3. The summed E-state index contributed by atoms with van der Waals surface area (Å²) in [5.41, 5.74) is 0.956. The molecule has 0 spiro atoms. The molecule has 0 unspecified atom stereocenters. The highest BCUT2D eigenvalue weighted by Gasteiger charge is 2.28. The summed E-state index contributed by atoms with van der Waals surface area (Å²) in [5, 5.41) is 0. The van der Waals surface area contributed by atoms with E-state index in [1.165, 1.54) is 12.1 Å². The number of aryl methyl sites for hydroxylation is 1. The zero-order valence-electron chi connectivity index (χ0n) is 9.84. The van der Waals surface area contributed by atoms with E-state index in [1.807, 2.05) is 0 Å². The first-order valence-electron chi connectivity index (χ1n) is 4.95. The summed E-state index contributed by atoms with van der Waals surface area (Å²) in [6.07, 6.45) is -3.33. The Bertz CT molecular complexity index is 521. The lowest BCUT2D eigenvalue weighted by Crippen LogP contribution is -2.19. The molecule has 1 rings (SSSR count). The number of halogens is 3. The zero-order chi connectivity index (χ0) is 14.0. The van der Waals surface area contributed by atoms with E-state index in [-0.39, 0.29) is 11.5 Å². The smallest absolute Gasteiger partial charge is 0.422 e. The molecule has 7 heteroatoms. The van der Waals surface area contributed by atoms with Crippen molar-refractivity contribution in [1.82, 2.24) is 0 Å². The van der Waals surface area contributed by atoms with Crippen LogP contribution < -0.4 is 4.74 Å². The highest BCUT2D eigenvalue weighted by Crippen LogP contribution is 2.21. The first-order valence-corrected chi connectivity index (χ1v) is 7.01. The van der Waals surface area contributed by atoms with Crippen LogP contribution in [0.15, 0.2) is 12.1 Å². The number of alkyl halides is 3. The molecular formula is C11H12F3O3S. The van der Waals surface area contributed by atoms with E-state index in [1.54, 1.807) is 6.92 Å². The van der Waals surface area contributed by atoms with Gasteiger partial charge in [0.1, 0.15) is 5.75 Å². The normalized spacial score (nSPS) is 12.5. The second-order valence-corrected chi connectivity index (χ2v) is 6.11. The molecule has 0 aliphatic carbocycles. The van der Waals surface area contributed by atoms with Gasteiger partial charge in [-0.1, -0.05) is 0 Å². The largest absolute Gasteiger partial charge is 0.484 e. The fraction of sp³-hybridized carbons (Fsp3) is 0.455. The van der Waals surface area contributed by atoms with Crippen molar-refractivity contribution in [2.45, 2.75) is 18.9 Å². The van der Waals surface area contributed by atoms with Crippen LogP contribution in [0.4, 0.5) is 13.2 Å². The van der Waals surface area contributed by atoms with Crippen LogP contribution in [0, 0.1) is 13.0 Å². The van der Waals surface area contributed by atoms with Crippen LogP contribution in [0.3, 0.4) is 0 Å². The maximum Gasteiger partial charge on any atom is 0.422 e. The summed E-state index contributed by atoms with van der Waals surface area (Å²) >= 11 is 0. The van der Waals surface area contributed by atoms with Crippen LogP contribution in [0.2, 0.25) is 0 Å². The Kier molecular flexibility index (Phi) is 4.26. The van der Waals surface area contributed by atoms with Gasteiger partial charge < -0.3 is 4.74 Å². The van der Waals surface area contributed by atoms with Crippen LogP contribution in [0.25, 0.3) is 0 Å². The van der Waals surface area contributed by atoms with Crippen molar-refractivity contribution in [3.8, 4) is 5.75 Å². The highest BCUT2D eigenvalue weighted by atomic mass is 32.2. The third-order valence-electron chi connectivity index (χ3n) is 2.03. The first kappa shape index (κ1) is 14.8. The van der Waals surface area contributed by atoms with Crippen molar-refractivity contribution in [3.05, 3.63) is 29.3 Å². The molecule has 101 valence electrons. The van der Waals surface area contributed by atoms with Crippen molar-refractivity contribution in [2.75, 3.05) is 12.9 Å². The number of hydrogen-bond donors (Lipinski definition) is 0. The average Bonchev–Trinajstić information content (AvgIpc) is 2.15. The molecule has 0 atom stereocenters. The molecule has 0 aliphatic heterocycles. The van der Waals surface area contributed by atoms with Crippen LogP contribution in [-0.4, -0.2) is 27.5 Å². The van der Waals surface area contributed by atoms with Crippen molar-refractivity contribution in [1.29, 1.82) is 0 Å². The van der Waals surface area contributed by atoms with E-state index in [4.69, 9.17) is 0 Å². The third-order valence-corrected chi connectivity index (χ3v) is 2.85. The minimum Gasteiger partial charge on any atom is -0.484 e. The Hall–Kier alpha value is -1.24. The fourth-order valence-corrected chi connectivity index (χ4v) is 2.12. The lowest BCUT2D eigenvalue weighted by atomic mass is 10.1. The van der Waals surface area contributed by atoms with E-state index in [2.05, 4.69) is 10.8 Å². The van der Waals surface area contributed by atoms with Gasteiger partial charge in [-0.15, -0.1) is 0 Å². The Morgan fingerprint density at radius 2 is 2.00 bits per heavy atom. The molecule has 0 fully saturated rings. The highest BCUT2D eigenvalue weighted by molar-refractivity contribution is 7.89. The topological polar surface area (TPSA) is 43.4 Å². The van der Waals surface area contributed by atoms with Crippen molar-refractivity contribution in [3.63, 3.8) is 0 Å². The molecule has 0 heterocycles. The summed E-state index contributed by atoms with van der Waals surface area (Å²) in [6, 6.07) is 5.20. The fourth-order valence-electron chi connectivity index (χ4n) is 1.28. The number of rotatable bonds is 4. The van der Waals surface area contributed by atoms with Crippen LogP contribution in [-0.2, 0) is 15.6 Å². The van der Waals surface area contributed by atoms with Crippen LogP contribution in [0.1, 0.15) is 11.1 Å². The minimum atomic E-state index is -4.40. The summed E-state index contributed by atoms with van der Waals surface area (Å²) < 4.78 is 62.5. The summed E-state index contributed by atoms with van der Waals surface area (Å²) in [5.74, 6) is -0.180. The second kappa shape index (κ2) is 5.17. The van der Waals surface area contributed by atoms with Gasteiger partial charge in [-0.2, -0.15) is 13.2 Å². The molecule has 3 nitrogen and oxygen atoms in total. The van der Waals surface area contributed by atoms with E-state index in [0.717, 1.165) is 6.26 Å². The molecule has 0 aromatic heterocycles. The van der Waals surface area contributed by atoms with Gasteiger partial charge in [-0.05, 0) is 36.2 Å². The van der Waals surface area contributed by atoms with Gasteiger partial charge in [0.15, 0.2) is 16.4 Å². The summed E-state index contributed by atoms with van der Waals surface area (Å²) in [6.45, 7) is 0.211. The lowest BCUT2D eigenvalue weighted by molar-refractivity contribution is -0.153. The maximum atomic E-state index is 11.9.